The van der Waals surface area contributed by atoms with Crippen LogP contribution >= 0.6 is 11.6 Å². The smallest absolute Gasteiger partial charge is 0.251 e. The van der Waals surface area contributed by atoms with Crippen molar-refractivity contribution in [1.82, 2.24) is 29.6 Å². The summed E-state index contributed by atoms with van der Waals surface area (Å²) in [4.78, 5) is 13.4. The Morgan fingerprint density at radius 3 is 2.56 bits per heavy atom. The summed E-state index contributed by atoms with van der Waals surface area (Å²) in [6, 6.07) is 7.77. The predicted octanol–water partition coefficient (Wildman–Crippen LogP) is 4.91. The summed E-state index contributed by atoms with van der Waals surface area (Å²) in [6.07, 6.45) is 3.64. The lowest BCUT2D eigenvalue weighted by Crippen LogP contribution is -2.62. The maximum atomic E-state index is 13.9. The summed E-state index contributed by atoms with van der Waals surface area (Å²) < 4.78 is 29.9. The molecule has 0 unspecified atom stereocenters. The van der Waals surface area contributed by atoms with Crippen LogP contribution in [0.1, 0.15) is 61.4 Å². The van der Waals surface area contributed by atoms with Crippen LogP contribution in [0.15, 0.2) is 30.5 Å². The zero-order valence-corrected chi connectivity index (χ0v) is 21.1. The summed E-state index contributed by atoms with van der Waals surface area (Å²) in [5.41, 5.74) is 2.72. The molecular weight excluding hydrogens is 484 g/mol. The molecule has 7 rings (SSSR count). The summed E-state index contributed by atoms with van der Waals surface area (Å²) in [5.74, 6) is 0.298. The van der Waals surface area contributed by atoms with Crippen LogP contribution in [0.3, 0.4) is 0 Å². The Hall–Kier alpha value is -2.65. The van der Waals surface area contributed by atoms with Crippen molar-refractivity contribution in [2.75, 3.05) is 18.0 Å². The molecule has 36 heavy (non-hydrogen) atoms. The van der Waals surface area contributed by atoms with Crippen molar-refractivity contribution < 1.29 is 8.78 Å². The molecule has 7 nitrogen and oxygen atoms in total. The van der Waals surface area contributed by atoms with Gasteiger partial charge in [0, 0.05) is 66.3 Å². The van der Waals surface area contributed by atoms with Crippen LogP contribution in [0, 0.1) is 12.3 Å². The van der Waals surface area contributed by atoms with Gasteiger partial charge in [0.25, 0.3) is 5.92 Å². The first-order valence-electron chi connectivity index (χ1n) is 12.5. The molecule has 1 saturated heterocycles. The zero-order valence-electron chi connectivity index (χ0n) is 20.4. The van der Waals surface area contributed by atoms with Gasteiger partial charge in [0.2, 0.25) is 5.95 Å². The highest BCUT2D eigenvalue weighted by atomic mass is 35.5. The third-order valence-electron chi connectivity index (χ3n) is 8.61. The largest absolute Gasteiger partial charge is 0.340 e. The Kier molecular flexibility index (Phi) is 4.66. The Morgan fingerprint density at radius 1 is 1.06 bits per heavy atom. The third-order valence-corrected chi connectivity index (χ3v) is 8.85. The van der Waals surface area contributed by atoms with Gasteiger partial charge in [-0.05, 0) is 56.5 Å². The minimum Gasteiger partial charge on any atom is -0.340 e. The van der Waals surface area contributed by atoms with Crippen LogP contribution in [0.5, 0.6) is 0 Å². The quantitative estimate of drug-likeness (QED) is 0.498. The van der Waals surface area contributed by atoms with Gasteiger partial charge in [-0.25, -0.2) is 18.7 Å². The lowest BCUT2D eigenvalue weighted by Gasteiger charge is -2.58. The predicted molar refractivity (Wildman–Crippen MR) is 132 cm³/mol. The first-order chi connectivity index (χ1) is 17.1. The van der Waals surface area contributed by atoms with E-state index in [4.69, 9.17) is 11.6 Å². The molecule has 1 aromatic carbocycles. The van der Waals surface area contributed by atoms with E-state index >= 15 is 0 Å². The van der Waals surface area contributed by atoms with Crippen molar-refractivity contribution in [1.29, 1.82) is 0 Å². The van der Waals surface area contributed by atoms with Crippen LogP contribution < -0.4 is 4.90 Å². The van der Waals surface area contributed by atoms with Gasteiger partial charge in [-0.3, -0.25) is 9.47 Å². The molecule has 0 atom stereocenters. The number of benzene rings is 1. The van der Waals surface area contributed by atoms with Gasteiger partial charge in [-0.2, -0.15) is 0 Å². The molecule has 0 amide bonds. The number of halogens is 3. The molecular formula is C26H28ClF2N7. The van der Waals surface area contributed by atoms with Crippen molar-refractivity contribution in [2.24, 2.45) is 5.41 Å². The van der Waals surface area contributed by atoms with Gasteiger partial charge in [0.15, 0.2) is 5.82 Å². The minimum atomic E-state index is -2.60. The van der Waals surface area contributed by atoms with Gasteiger partial charge < -0.3 is 4.90 Å². The van der Waals surface area contributed by atoms with E-state index in [1.165, 1.54) is 0 Å². The van der Waals surface area contributed by atoms with E-state index in [9.17, 15) is 8.78 Å². The van der Waals surface area contributed by atoms with Crippen molar-refractivity contribution in [3.8, 4) is 5.69 Å². The summed E-state index contributed by atoms with van der Waals surface area (Å²) in [7, 11) is 0. The maximum absolute atomic E-state index is 13.9. The molecule has 2 aromatic heterocycles. The topological polar surface area (TPSA) is 63.0 Å². The fourth-order valence-corrected chi connectivity index (χ4v) is 7.07. The lowest BCUT2D eigenvalue weighted by atomic mass is 9.57. The fourth-order valence-electron chi connectivity index (χ4n) is 6.88. The van der Waals surface area contributed by atoms with Crippen molar-refractivity contribution in [3.05, 3.63) is 58.4 Å². The van der Waals surface area contributed by atoms with Crippen LogP contribution in [0.4, 0.5) is 14.7 Å². The highest BCUT2D eigenvalue weighted by molar-refractivity contribution is 6.30. The molecule has 4 heterocycles. The van der Waals surface area contributed by atoms with Gasteiger partial charge >= 0.3 is 0 Å². The average molecular weight is 512 g/mol. The Morgan fingerprint density at radius 2 is 1.83 bits per heavy atom. The monoisotopic (exact) mass is 511 g/mol. The normalized spacial score (nSPS) is 23.8. The Bertz CT molecular complexity index is 1350. The van der Waals surface area contributed by atoms with Crippen molar-refractivity contribution >= 4 is 17.5 Å². The number of hydrogen-bond donors (Lipinski definition) is 0. The molecule has 3 aromatic rings. The van der Waals surface area contributed by atoms with E-state index in [1.807, 2.05) is 44.3 Å². The van der Waals surface area contributed by atoms with Gasteiger partial charge in [0.05, 0.1) is 12.2 Å². The lowest BCUT2D eigenvalue weighted by molar-refractivity contribution is -0.173. The van der Waals surface area contributed by atoms with E-state index in [2.05, 4.69) is 34.5 Å². The molecule has 1 spiro atoms. The molecule has 0 N–H and O–H groups in total. The standard InChI is InChI=1S/C26H28ClF2N7/c1-16-5-6-30-23(31-16)34-14-25(15-34)8-18(9-25)22-33-32-21-11-35(24(2)12-26(28,29)13-24)10-17-7-19(27)3-4-20(17)36(21)22/h3-7,18H,8-15H2,1-2H3. The van der Waals surface area contributed by atoms with Crippen LogP contribution in [-0.2, 0) is 13.1 Å². The second kappa shape index (κ2) is 7.44. The van der Waals surface area contributed by atoms with E-state index in [-0.39, 0.29) is 18.3 Å². The van der Waals surface area contributed by atoms with Crippen molar-refractivity contribution in [2.45, 2.75) is 70.0 Å². The molecule has 2 aliphatic heterocycles. The molecule has 2 aliphatic carbocycles. The highest BCUT2D eigenvalue weighted by Crippen LogP contribution is 2.57. The summed E-state index contributed by atoms with van der Waals surface area (Å²) in [5, 5.41) is 9.88. The number of rotatable bonds is 3. The van der Waals surface area contributed by atoms with E-state index in [0.717, 1.165) is 60.5 Å². The van der Waals surface area contributed by atoms with Gasteiger partial charge in [-0.1, -0.05) is 11.6 Å². The molecule has 10 heteroatoms. The number of aromatic nitrogens is 5. The van der Waals surface area contributed by atoms with Crippen LogP contribution in [-0.4, -0.2) is 54.2 Å². The second-order valence-corrected chi connectivity index (χ2v) is 12.0. The number of fused-ring (bicyclic) bond motifs is 3. The SMILES string of the molecule is Cc1ccnc(N2CC3(CC(c4nnc5n4-c4ccc(Cl)cc4CN(C4(C)CC(F)(F)C4)C5)C3)C2)n1. The van der Waals surface area contributed by atoms with E-state index in [0.29, 0.717) is 24.0 Å². The first kappa shape index (κ1) is 22.5. The molecule has 4 aliphatic rings. The molecule has 3 fully saturated rings. The summed E-state index contributed by atoms with van der Waals surface area (Å²) in [6.45, 7) is 6.88. The van der Waals surface area contributed by atoms with E-state index in [1.54, 1.807) is 0 Å². The molecule has 0 bridgehead atoms. The number of anilines is 1. The third kappa shape index (κ3) is 3.46. The van der Waals surface area contributed by atoms with Crippen LogP contribution in [0.25, 0.3) is 5.69 Å². The fraction of sp³-hybridized carbons (Fsp3) is 0.538. The van der Waals surface area contributed by atoms with Gasteiger partial charge in [-0.15, -0.1) is 10.2 Å². The number of nitrogens with zero attached hydrogens (tertiary/aromatic N) is 7. The Balaban J connectivity index is 1.15. The van der Waals surface area contributed by atoms with Crippen LogP contribution in [0.2, 0.25) is 5.02 Å². The maximum Gasteiger partial charge on any atom is 0.251 e. The number of hydrogen-bond acceptors (Lipinski definition) is 6. The number of aryl methyl sites for hydroxylation is 1. The molecule has 188 valence electrons. The van der Waals surface area contributed by atoms with Gasteiger partial charge in [0.1, 0.15) is 5.82 Å². The van der Waals surface area contributed by atoms with E-state index < -0.39 is 11.5 Å². The van der Waals surface area contributed by atoms with Crippen molar-refractivity contribution in [3.63, 3.8) is 0 Å². The summed E-state index contributed by atoms with van der Waals surface area (Å²) >= 11 is 6.37. The molecule has 2 saturated carbocycles. The average Bonchev–Trinajstić information content (AvgIpc) is 3.05. The molecule has 0 radical (unpaired) electrons. The Labute approximate surface area is 213 Å². The second-order valence-electron chi connectivity index (χ2n) is 11.6. The highest BCUT2D eigenvalue weighted by Gasteiger charge is 2.57. The number of alkyl halides is 2. The zero-order chi connectivity index (χ0) is 24.9. The minimum absolute atomic E-state index is 0.136. The first-order valence-corrected chi connectivity index (χ1v) is 12.9.